The molecule has 3 rings (SSSR count). The van der Waals surface area contributed by atoms with Gasteiger partial charge in [-0.25, -0.2) is 4.98 Å². The van der Waals surface area contributed by atoms with Crippen molar-refractivity contribution < 1.29 is 0 Å². The Kier molecular flexibility index (Phi) is 2.34. The van der Waals surface area contributed by atoms with Gasteiger partial charge in [0.2, 0.25) is 0 Å². The molecule has 2 nitrogen and oxygen atoms in total. The summed E-state index contributed by atoms with van der Waals surface area (Å²) in [5, 5.41) is 3.13. The lowest BCUT2D eigenvalue weighted by atomic mass is 10.1. The van der Waals surface area contributed by atoms with Crippen LogP contribution in [-0.2, 0) is 0 Å². The Morgan fingerprint density at radius 1 is 1.06 bits per heavy atom. The first kappa shape index (κ1) is 10.3. The molecule has 1 heterocycles. The summed E-state index contributed by atoms with van der Waals surface area (Å²) in [4.78, 5) is 5.42. The monoisotopic (exact) mass is 240 g/mol. The Morgan fingerprint density at radius 2 is 1.82 bits per heavy atom. The molecule has 0 unspecified atom stereocenters. The number of nitrogen functional groups attached to an aromatic ring is 1. The summed E-state index contributed by atoms with van der Waals surface area (Å²) in [6.45, 7) is 2.00. The molecule has 2 aromatic carbocycles. The predicted molar refractivity (Wildman–Crippen MR) is 74.2 cm³/mol. The quantitative estimate of drug-likeness (QED) is 0.701. The van der Waals surface area contributed by atoms with Crippen LogP contribution in [0.4, 0.5) is 5.13 Å². The van der Waals surface area contributed by atoms with Crippen molar-refractivity contribution in [2.45, 2.75) is 6.92 Å². The van der Waals surface area contributed by atoms with Gasteiger partial charge >= 0.3 is 0 Å². The standard InChI is InChI=1S/C14H12N2S/c1-9-13(17-14(15)16-9)12-7-6-10-4-2-3-5-11(10)8-12/h2-8H,1H3,(H2,15,16). The highest BCUT2D eigenvalue weighted by molar-refractivity contribution is 7.18. The number of thiazole rings is 1. The summed E-state index contributed by atoms with van der Waals surface area (Å²) in [6.07, 6.45) is 0. The van der Waals surface area contributed by atoms with Crippen molar-refractivity contribution in [1.82, 2.24) is 4.98 Å². The van der Waals surface area contributed by atoms with E-state index in [1.54, 1.807) is 11.3 Å². The zero-order chi connectivity index (χ0) is 11.8. The van der Waals surface area contributed by atoms with Gasteiger partial charge in [-0.2, -0.15) is 0 Å². The molecule has 3 aromatic rings. The van der Waals surface area contributed by atoms with Gasteiger partial charge in [-0.3, -0.25) is 0 Å². The van der Waals surface area contributed by atoms with Crippen LogP contribution in [0.25, 0.3) is 21.2 Å². The second kappa shape index (κ2) is 3.86. The molecule has 1 aromatic heterocycles. The Bertz CT molecular complexity index is 686. The van der Waals surface area contributed by atoms with Crippen LogP contribution >= 0.6 is 11.3 Å². The summed E-state index contributed by atoms with van der Waals surface area (Å²) < 4.78 is 0. The third-order valence-electron chi connectivity index (χ3n) is 2.82. The largest absolute Gasteiger partial charge is 0.375 e. The number of aromatic nitrogens is 1. The normalized spacial score (nSPS) is 10.9. The van der Waals surface area contributed by atoms with Crippen LogP contribution in [0, 0.1) is 6.92 Å². The first-order chi connectivity index (χ1) is 8.24. The van der Waals surface area contributed by atoms with Crippen molar-refractivity contribution in [1.29, 1.82) is 0 Å². The molecule has 17 heavy (non-hydrogen) atoms. The number of anilines is 1. The van der Waals surface area contributed by atoms with Crippen molar-refractivity contribution in [3.63, 3.8) is 0 Å². The number of aryl methyl sites for hydroxylation is 1. The minimum absolute atomic E-state index is 0.630. The number of rotatable bonds is 1. The highest BCUT2D eigenvalue weighted by atomic mass is 32.1. The Labute approximate surface area is 104 Å². The Balaban J connectivity index is 2.21. The van der Waals surface area contributed by atoms with Gasteiger partial charge in [-0.15, -0.1) is 0 Å². The van der Waals surface area contributed by atoms with Gasteiger partial charge in [0.1, 0.15) is 0 Å². The van der Waals surface area contributed by atoms with E-state index in [1.165, 1.54) is 16.3 Å². The van der Waals surface area contributed by atoms with Crippen LogP contribution in [0.1, 0.15) is 5.69 Å². The maximum absolute atomic E-state index is 5.74. The van der Waals surface area contributed by atoms with Crippen molar-refractivity contribution in [3.8, 4) is 10.4 Å². The lowest BCUT2D eigenvalue weighted by Gasteiger charge is -2.02. The maximum atomic E-state index is 5.74. The number of nitrogens with zero attached hydrogens (tertiary/aromatic N) is 1. The molecule has 0 fully saturated rings. The fourth-order valence-electron chi connectivity index (χ4n) is 2.02. The summed E-state index contributed by atoms with van der Waals surface area (Å²) >= 11 is 1.54. The van der Waals surface area contributed by atoms with E-state index in [-0.39, 0.29) is 0 Å². The van der Waals surface area contributed by atoms with Crippen molar-refractivity contribution in [3.05, 3.63) is 48.2 Å². The molecule has 2 N–H and O–H groups in total. The molecule has 0 bridgehead atoms. The molecular formula is C14H12N2S. The van der Waals surface area contributed by atoms with Crippen molar-refractivity contribution >= 4 is 27.2 Å². The van der Waals surface area contributed by atoms with E-state index in [0.29, 0.717) is 5.13 Å². The van der Waals surface area contributed by atoms with Crippen LogP contribution in [0.15, 0.2) is 42.5 Å². The molecule has 0 spiro atoms. The summed E-state index contributed by atoms with van der Waals surface area (Å²) in [5.74, 6) is 0. The van der Waals surface area contributed by atoms with Crippen LogP contribution in [0.5, 0.6) is 0 Å². The topological polar surface area (TPSA) is 38.9 Å². The van der Waals surface area contributed by atoms with Gasteiger partial charge < -0.3 is 5.73 Å². The van der Waals surface area contributed by atoms with Crippen molar-refractivity contribution in [2.24, 2.45) is 0 Å². The summed E-state index contributed by atoms with van der Waals surface area (Å²) in [6, 6.07) is 14.8. The highest BCUT2D eigenvalue weighted by Crippen LogP contribution is 2.32. The van der Waals surface area contributed by atoms with E-state index < -0.39 is 0 Å². The van der Waals surface area contributed by atoms with Gasteiger partial charge in [-0.1, -0.05) is 47.7 Å². The molecule has 0 amide bonds. The number of hydrogen-bond acceptors (Lipinski definition) is 3. The van der Waals surface area contributed by atoms with Gasteiger partial charge in [0.05, 0.1) is 10.6 Å². The average molecular weight is 240 g/mol. The lowest BCUT2D eigenvalue weighted by molar-refractivity contribution is 1.27. The Hall–Kier alpha value is -1.87. The third-order valence-corrected chi connectivity index (χ3v) is 3.86. The molecule has 0 aliphatic heterocycles. The summed E-state index contributed by atoms with van der Waals surface area (Å²) in [7, 11) is 0. The molecule has 0 aliphatic rings. The molecule has 0 saturated carbocycles. The number of nitrogens with two attached hydrogens (primary N) is 1. The fraction of sp³-hybridized carbons (Fsp3) is 0.0714. The highest BCUT2D eigenvalue weighted by Gasteiger charge is 2.08. The van der Waals surface area contributed by atoms with E-state index in [9.17, 15) is 0 Å². The first-order valence-electron chi connectivity index (χ1n) is 5.46. The van der Waals surface area contributed by atoms with E-state index in [1.807, 2.05) is 6.92 Å². The van der Waals surface area contributed by atoms with Gasteiger partial charge in [-0.05, 0) is 29.3 Å². The fourth-order valence-corrected chi connectivity index (χ4v) is 2.85. The molecule has 84 valence electrons. The van der Waals surface area contributed by atoms with E-state index in [2.05, 4.69) is 47.4 Å². The number of hydrogen-bond donors (Lipinski definition) is 1. The zero-order valence-electron chi connectivity index (χ0n) is 9.47. The van der Waals surface area contributed by atoms with Crippen LogP contribution in [0.2, 0.25) is 0 Å². The molecule has 0 aliphatic carbocycles. The van der Waals surface area contributed by atoms with Crippen LogP contribution < -0.4 is 5.73 Å². The predicted octanol–water partition coefficient (Wildman–Crippen LogP) is 3.85. The van der Waals surface area contributed by atoms with Gasteiger partial charge in [0, 0.05) is 0 Å². The maximum Gasteiger partial charge on any atom is 0.180 e. The molecule has 0 atom stereocenters. The minimum Gasteiger partial charge on any atom is -0.375 e. The molecule has 3 heteroatoms. The second-order valence-electron chi connectivity index (χ2n) is 4.03. The van der Waals surface area contributed by atoms with Gasteiger partial charge in [0.15, 0.2) is 5.13 Å². The zero-order valence-corrected chi connectivity index (χ0v) is 10.3. The number of benzene rings is 2. The van der Waals surface area contributed by atoms with Crippen LogP contribution in [-0.4, -0.2) is 4.98 Å². The second-order valence-corrected chi connectivity index (χ2v) is 5.06. The smallest absolute Gasteiger partial charge is 0.180 e. The first-order valence-corrected chi connectivity index (χ1v) is 6.28. The van der Waals surface area contributed by atoms with Crippen LogP contribution in [0.3, 0.4) is 0 Å². The molecule has 0 saturated heterocycles. The van der Waals surface area contributed by atoms with E-state index in [4.69, 9.17) is 5.73 Å². The minimum atomic E-state index is 0.630. The van der Waals surface area contributed by atoms with Crippen molar-refractivity contribution in [2.75, 3.05) is 5.73 Å². The van der Waals surface area contributed by atoms with E-state index >= 15 is 0 Å². The average Bonchev–Trinajstić information content (AvgIpc) is 2.68. The SMILES string of the molecule is Cc1nc(N)sc1-c1ccc2ccccc2c1. The summed E-state index contributed by atoms with van der Waals surface area (Å²) in [5.41, 5.74) is 7.93. The van der Waals surface area contributed by atoms with Gasteiger partial charge in [0.25, 0.3) is 0 Å². The Morgan fingerprint density at radius 3 is 2.53 bits per heavy atom. The molecular weight excluding hydrogens is 228 g/mol. The molecule has 0 radical (unpaired) electrons. The number of fused-ring (bicyclic) bond motifs is 1. The lowest BCUT2D eigenvalue weighted by Crippen LogP contribution is -1.81. The third kappa shape index (κ3) is 1.78. The van der Waals surface area contributed by atoms with E-state index in [0.717, 1.165) is 10.6 Å².